The lowest BCUT2D eigenvalue weighted by atomic mass is 9.97. The lowest BCUT2D eigenvalue weighted by Crippen LogP contribution is -2.25. The number of benzene rings is 1. The lowest BCUT2D eigenvalue weighted by Gasteiger charge is -2.30. The van der Waals surface area contributed by atoms with Gasteiger partial charge >= 0.3 is 5.97 Å². The molecule has 0 unspecified atom stereocenters. The number of unbranched alkanes of at least 4 members (excludes halogenated alkanes) is 5. The molecule has 0 bridgehead atoms. The smallest absolute Gasteiger partial charge is 0.308 e. The van der Waals surface area contributed by atoms with Crippen molar-refractivity contribution in [2.75, 3.05) is 13.7 Å². The average Bonchev–Trinajstić information content (AvgIpc) is 2.67. The maximum Gasteiger partial charge on any atom is 0.308 e. The van der Waals surface area contributed by atoms with Gasteiger partial charge in [0.1, 0.15) is 5.75 Å². The third-order valence-electron chi connectivity index (χ3n) is 4.97. The van der Waals surface area contributed by atoms with E-state index in [-0.39, 0.29) is 18.2 Å². The molecule has 1 aliphatic rings. The predicted octanol–water partition coefficient (Wildman–Crippen LogP) is 5.60. The molecule has 0 saturated carbocycles. The molecule has 1 aromatic rings. The van der Waals surface area contributed by atoms with Crippen LogP contribution in [-0.2, 0) is 14.3 Å². The summed E-state index contributed by atoms with van der Waals surface area (Å²) in [4.78, 5) is 11.5. The van der Waals surface area contributed by atoms with Gasteiger partial charge in [0.05, 0.1) is 32.3 Å². The maximum atomic E-state index is 11.5. The van der Waals surface area contributed by atoms with Gasteiger partial charge in [-0.15, -0.1) is 0 Å². The molecule has 0 aromatic heterocycles. The molecule has 1 aromatic carbocycles. The summed E-state index contributed by atoms with van der Waals surface area (Å²) in [6.07, 6.45) is 10.9. The van der Waals surface area contributed by atoms with Crippen molar-refractivity contribution in [3.63, 3.8) is 0 Å². The molecule has 1 fully saturated rings. The van der Waals surface area contributed by atoms with E-state index in [1.807, 2.05) is 12.1 Å². The first kappa shape index (κ1) is 20.8. The van der Waals surface area contributed by atoms with Crippen molar-refractivity contribution in [2.45, 2.75) is 83.3 Å². The summed E-state index contributed by atoms with van der Waals surface area (Å²) in [5, 5.41) is 0. The molecular weight excluding hydrogens is 328 g/mol. The van der Waals surface area contributed by atoms with E-state index in [0.29, 0.717) is 6.42 Å². The Morgan fingerprint density at radius 2 is 1.96 bits per heavy atom. The predicted molar refractivity (Wildman–Crippen MR) is 103 cm³/mol. The highest BCUT2D eigenvalue weighted by Gasteiger charge is 2.26. The Labute approximate surface area is 158 Å². The summed E-state index contributed by atoms with van der Waals surface area (Å²) < 4.78 is 16.8. The zero-order valence-electron chi connectivity index (χ0n) is 16.4. The fraction of sp³-hybridized carbons (Fsp3) is 0.682. The van der Waals surface area contributed by atoms with Gasteiger partial charge in [0.25, 0.3) is 0 Å². The van der Waals surface area contributed by atoms with Crippen LogP contribution in [0.5, 0.6) is 5.75 Å². The standard InChI is InChI=1S/C22H34O4/c1-3-4-5-6-7-8-15-25-19-12-9-11-18(16-19)21-14-10-13-20(26-21)17-22(23)24-2/h9,11-12,16,20-21H,3-8,10,13-15,17H2,1-2H3/t20-,21+/m1/s1. The van der Waals surface area contributed by atoms with Crippen molar-refractivity contribution in [2.24, 2.45) is 0 Å². The summed E-state index contributed by atoms with van der Waals surface area (Å²) in [6.45, 7) is 3.01. The van der Waals surface area contributed by atoms with Gasteiger partial charge in [-0.25, -0.2) is 0 Å². The Hall–Kier alpha value is -1.55. The Morgan fingerprint density at radius 3 is 2.77 bits per heavy atom. The molecule has 0 N–H and O–H groups in total. The van der Waals surface area contributed by atoms with E-state index in [1.165, 1.54) is 39.2 Å². The largest absolute Gasteiger partial charge is 0.494 e. The molecule has 146 valence electrons. The highest BCUT2D eigenvalue weighted by atomic mass is 16.5. The van der Waals surface area contributed by atoms with Gasteiger partial charge in [0.15, 0.2) is 0 Å². The Bertz CT molecular complexity index is 529. The quantitative estimate of drug-likeness (QED) is 0.380. The second-order valence-electron chi connectivity index (χ2n) is 7.15. The maximum absolute atomic E-state index is 11.5. The Kier molecular flexibility index (Phi) is 9.54. The summed E-state index contributed by atoms with van der Waals surface area (Å²) in [5.74, 6) is 0.710. The molecule has 4 heteroatoms. The van der Waals surface area contributed by atoms with Crippen LogP contribution in [0.2, 0.25) is 0 Å². The average molecular weight is 363 g/mol. The number of hydrogen-bond donors (Lipinski definition) is 0. The van der Waals surface area contributed by atoms with Crippen molar-refractivity contribution in [3.05, 3.63) is 29.8 Å². The number of esters is 1. The van der Waals surface area contributed by atoms with Crippen molar-refractivity contribution >= 4 is 5.97 Å². The van der Waals surface area contributed by atoms with Crippen LogP contribution in [0.3, 0.4) is 0 Å². The van der Waals surface area contributed by atoms with Gasteiger partial charge in [0, 0.05) is 0 Å². The molecule has 0 radical (unpaired) electrons. The second kappa shape index (κ2) is 11.9. The fourth-order valence-electron chi connectivity index (χ4n) is 3.44. The minimum absolute atomic E-state index is 0.0380. The first-order valence-corrected chi connectivity index (χ1v) is 10.2. The molecule has 1 heterocycles. The SMILES string of the molecule is CCCCCCCCOc1cccc([C@@H]2CCC[C@H](CC(=O)OC)O2)c1. The van der Waals surface area contributed by atoms with Gasteiger partial charge in [-0.3, -0.25) is 4.79 Å². The van der Waals surface area contributed by atoms with Crippen molar-refractivity contribution in [1.29, 1.82) is 0 Å². The van der Waals surface area contributed by atoms with Gasteiger partial charge in [0.2, 0.25) is 0 Å². The third-order valence-corrected chi connectivity index (χ3v) is 4.97. The van der Waals surface area contributed by atoms with Crippen LogP contribution in [-0.4, -0.2) is 25.8 Å². The first-order valence-electron chi connectivity index (χ1n) is 10.2. The van der Waals surface area contributed by atoms with Crippen LogP contribution in [0.1, 0.15) is 82.8 Å². The molecule has 0 spiro atoms. The summed E-state index contributed by atoms with van der Waals surface area (Å²) in [7, 11) is 1.42. The van der Waals surface area contributed by atoms with E-state index in [1.54, 1.807) is 0 Å². The molecule has 0 amide bonds. The number of carbonyl (C=O) groups excluding carboxylic acids is 1. The van der Waals surface area contributed by atoms with E-state index in [0.717, 1.165) is 43.6 Å². The summed E-state index contributed by atoms with van der Waals surface area (Å²) in [6, 6.07) is 8.21. The zero-order valence-corrected chi connectivity index (χ0v) is 16.4. The van der Waals surface area contributed by atoms with E-state index >= 15 is 0 Å². The molecule has 26 heavy (non-hydrogen) atoms. The molecular formula is C22H34O4. The van der Waals surface area contributed by atoms with Gasteiger partial charge in [-0.05, 0) is 43.4 Å². The topological polar surface area (TPSA) is 44.8 Å². The number of rotatable bonds is 11. The molecule has 4 nitrogen and oxygen atoms in total. The van der Waals surface area contributed by atoms with Crippen molar-refractivity contribution in [1.82, 2.24) is 0 Å². The third kappa shape index (κ3) is 7.36. The van der Waals surface area contributed by atoms with E-state index in [4.69, 9.17) is 14.2 Å². The summed E-state index contributed by atoms with van der Waals surface area (Å²) >= 11 is 0. The highest BCUT2D eigenvalue weighted by Crippen LogP contribution is 2.33. The normalized spacial score (nSPS) is 19.9. The summed E-state index contributed by atoms with van der Waals surface area (Å²) in [5.41, 5.74) is 1.14. The van der Waals surface area contributed by atoms with Crippen LogP contribution in [0.4, 0.5) is 0 Å². The molecule has 0 aliphatic carbocycles. The van der Waals surface area contributed by atoms with E-state index in [2.05, 4.69) is 19.1 Å². The van der Waals surface area contributed by atoms with Crippen LogP contribution in [0.15, 0.2) is 24.3 Å². The molecule has 1 aliphatic heterocycles. The van der Waals surface area contributed by atoms with E-state index < -0.39 is 0 Å². The van der Waals surface area contributed by atoms with Crippen LogP contribution >= 0.6 is 0 Å². The minimum Gasteiger partial charge on any atom is -0.494 e. The van der Waals surface area contributed by atoms with Gasteiger partial charge in [-0.2, -0.15) is 0 Å². The van der Waals surface area contributed by atoms with Crippen LogP contribution in [0, 0.1) is 0 Å². The Balaban J connectivity index is 1.77. The highest BCUT2D eigenvalue weighted by molar-refractivity contribution is 5.69. The van der Waals surface area contributed by atoms with Crippen LogP contribution in [0.25, 0.3) is 0 Å². The lowest BCUT2D eigenvalue weighted by molar-refractivity contribution is -0.147. The number of ether oxygens (including phenoxy) is 3. The van der Waals surface area contributed by atoms with Gasteiger partial charge < -0.3 is 14.2 Å². The molecule has 1 saturated heterocycles. The van der Waals surface area contributed by atoms with Crippen LogP contribution < -0.4 is 4.74 Å². The Morgan fingerprint density at radius 1 is 1.15 bits per heavy atom. The number of hydrogen-bond acceptors (Lipinski definition) is 4. The van der Waals surface area contributed by atoms with Crippen molar-refractivity contribution in [3.8, 4) is 5.75 Å². The van der Waals surface area contributed by atoms with E-state index in [9.17, 15) is 4.79 Å². The van der Waals surface area contributed by atoms with Gasteiger partial charge in [-0.1, -0.05) is 51.2 Å². The van der Waals surface area contributed by atoms with Crippen molar-refractivity contribution < 1.29 is 19.0 Å². The number of carbonyl (C=O) groups is 1. The number of methoxy groups -OCH3 is 1. The monoisotopic (exact) mass is 362 g/mol. The zero-order chi connectivity index (χ0) is 18.6. The fourth-order valence-corrected chi connectivity index (χ4v) is 3.44. The molecule has 2 atom stereocenters. The molecule has 2 rings (SSSR count). The first-order chi connectivity index (χ1) is 12.7. The second-order valence-corrected chi connectivity index (χ2v) is 7.15. The minimum atomic E-state index is -0.202.